The molecule has 2 atom stereocenters. The second kappa shape index (κ2) is 5.83. The third-order valence-corrected chi connectivity index (χ3v) is 3.57. The van der Waals surface area contributed by atoms with Crippen molar-refractivity contribution in [1.82, 2.24) is 5.32 Å². The van der Waals surface area contributed by atoms with Crippen LogP contribution in [0, 0.1) is 5.92 Å². The number of halogens is 3. The molecule has 0 heterocycles. The first-order valence-electron chi connectivity index (χ1n) is 6.47. The summed E-state index contributed by atoms with van der Waals surface area (Å²) >= 11 is 0. The molecule has 0 saturated heterocycles. The van der Waals surface area contributed by atoms with Gasteiger partial charge in [-0.05, 0) is 30.4 Å². The summed E-state index contributed by atoms with van der Waals surface area (Å²) in [6, 6.07) is 7.74. The van der Waals surface area contributed by atoms with Gasteiger partial charge in [0.2, 0.25) is 5.91 Å². The molecule has 0 radical (unpaired) electrons. The van der Waals surface area contributed by atoms with E-state index in [1.54, 1.807) is 0 Å². The van der Waals surface area contributed by atoms with Crippen LogP contribution in [0.2, 0.25) is 0 Å². The molecule has 1 aromatic carbocycles. The Bertz CT molecular complexity index is 488. The second-order valence-electron chi connectivity index (χ2n) is 5.01. The van der Waals surface area contributed by atoms with Crippen molar-refractivity contribution in [3.8, 4) is 0 Å². The van der Waals surface area contributed by atoms with Crippen molar-refractivity contribution in [3.63, 3.8) is 0 Å². The summed E-state index contributed by atoms with van der Waals surface area (Å²) in [5.41, 5.74) is 2.25. The smallest absolute Gasteiger partial charge is 0.382 e. The number of hydrogen-bond donors (Lipinski definition) is 2. The molecule has 0 aliphatic heterocycles. The van der Waals surface area contributed by atoms with Crippen LogP contribution in [0.5, 0.6) is 0 Å². The first-order valence-corrected chi connectivity index (χ1v) is 6.47. The van der Waals surface area contributed by atoms with Crippen molar-refractivity contribution >= 4 is 5.91 Å². The van der Waals surface area contributed by atoms with Crippen LogP contribution in [0.25, 0.3) is 0 Å². The molecule has 0 aromatic heterocycles. The zero-order valence-electron chi connectivity index (χ0n) is 10.8. The van der Waals surface area contributed by atoms with Crippen LogP contribution in [0.3, 0.4) is 0 Å². The second-order valence-corrected chi connectivity index (χ2v) is 5.01. The number of hydrogen-bond acceptors (Lipinski definition) is 2. The van der Waals surface area contributed by atoms with Crippen LogP contribution in [-0.4, -0.2) is 29.8 Å². The Morgan fingerprint density at radius 3 is 2.65 bits per heavy atom. The third kappa shape index (κ3) is 3.50. The van der Waals surface area contributed by atoms with E-state index in [2.05, 4.69) is 5.32 Å². The highest BCUT2D eigenvalue weighted by Gasteiger charge is 2.38. The number of rotatable bonds is 3. The minimum atomic E-state index is -4.70. The Hall–Kier alpha value is -1.56. The fraction of sp³-hybridized carbons (Fsp3) is 0.500. The zero-order chi connectivity index (χ0) is 14.8. The van der Waals surface area contributed by atoms with Crippen LogP contribution in [-0.2, 0) is 17.6 Å². The lowest BCUT2D eigenvalue weighted by atomic mass is 9.83. The number of alkyl halides is 3. The molecule has 0 bridgehead atoms. The van der Waals surface area contributed by atoms with Crippen molar-refractivity contribution in [2.24, 2.45) is 5.92 Å². The van der Waals surface area contributed by atoms with Crippen molar-refractivity contribution in [2.45, 2.75) is 31.5 Å². The summed E-state index contributed by atoms with van der Waals surface area (Å²) in [6.07, 6.45) is -5.32. The van der Waals surface area contributed by atoms with Crippen LogP contribution in [0.1, 0.15) is 17.5 Å². The standard InChI is InChI=1S/C14H16F3NO2/c15-14(16,17)12(19)8-18-13(20)11-6-5-9-3-1-2-4-10(9)7-11/h1-4,11-12,19H,5-8H2,(H,18,20). The summed E-state index contributed by atoms with van der Waals surface area (Å²) in [5.74, 6) is -0.756. The van der Waals surface area contributed by atoms with Crippen LogP contribution < -0.4 is 5.32 Å². The summed E-state index contributed by atoms with van der Waals surface area (Å²) < 4.78 is 36.4. The van der Waals surface area contributed by atoms with E-state index in [9.17, 15) is 18.0 Å². The highest BCUT2D eigenvalue weighted by atomic mass is 19.4. The molecule has 0 saturated carbocycles. The third-order valence-electron chi connectivity index (χ3n) is 3.57. The Morgan fingerprint density at radius 1 is 1.35 bits per heavy atom. The minimum Gasteiger partial charge on any atom is -0.382 e. The highest BCUT2D eigenvalue weighted by molar-refractivity contribution is 5.79. The predicted octanol–water partition coefficient (Wildman–Crippen LogP) is 1.83. The average molecular weight is 287 g/mol. The molecule has 1 aliphatic rings. The van der Waals surface area contributed by atoms with Gasteiger partial charge >= 0.3 is 6.18 Å². The van der Waals surface area contributed by atoms with E-state index in [4.69, 9.17) is 5.11 Å². The molecule has 20 heavy (non-hydrogen) atoms. The normalized spacial score (nSPS) is 20.1. The number of fused-ring (bicyclic) bond motifs is 1. The maximum absolute atomic E-state index is 12.1. The van der Waals surface area contributed by atoms with Crippen LogP contribution >= 0.6 is 0 Å². The number of aliphatic hydroxyl groups excluding tert-OH is 1. The lowest BCUT2D eigenvalue weighted by molar-refractivity contribution is -0.202. The molecule has 3 nitrogen and oxygen atoms in total. The molecule has 6 heteroatoms. The van der Waals surface area contributed by atoms with Gasteiger partial charge in [-0.2, -0.15) is 13.2 Å². The number of benzene rings is 1. The lowest BCUT2D eigenvalue weighted by Crippen LogP contribution is -2.43. The summed E-state index contributed by atoms with van der Waals surface area (Å²) in [4.78, 5) is 11.8. The van der Waals surface area contributed by atoms with Gasteiger partial charge < -0.3 is 10.4 Å². The first-order chi connectivity index (χ1) is 9.38. The predicted molar refractivity (Wildman–Crippen MR) is 67.0 cm³/mol. The number of amides is 1. The molecule has 0 spiro atoms. The summed E-state index contributed by atoms with van der Waals surface area (Å²) in [6.45, 7) is -0.791. The van der Waals surface area contributed by atoms with Gasteiger partial charge in [0, 0.05) is 5.92 Å². The number of aryl methyl sites for hydroxylation is 1. The molecule has 1 aromatic rings. The van der Waals surface area contributed by atoms with E-state index in [1.165, 1.54) is 5.56 Å². The van der Waals surface area contributed by atoms with Gasteiger partial charge in [0.15, 0.2) is 6.10 Å². The first kappa shape index (κ1) is 14.8. The van der Waals surface area contributed by atoms with Gasteiger partial charge in [-0.3, -0.25) is 4.79 Å². The topological polar surface area (TPSA) is 49.3 Å². The van der Waals surface area contributed by atoms with E-state index in [-0.39, 0.29) is 5.92 Å². The molecular formula is C14H16F3NO2. The van der Waals surface area contributed by atoms with Crippen LogP contribution in [0.15, 0.2) is 24.3 Å². The van der Waals surface area contributed by atoms with Gasteiger partial charge in [-0.1, -0.05) is 24.3 Å². The van der Waals surface area contributed by atoms with Gasteiger partial charge in [0.1, 0.15) is 0 Å². The van der Waals surface area contributed by atoms with Crippen LogP contribution in [0.4, 0.5) is 13.2 Å². The SMILES string of the molecule is O=C(NCC(O)C(F)(F)F)C1CCc2ccccc2C1. The summed E-state index contributed by atoms with van der Waals surface area (Å²) in [7, 11) is 0. The molecule has 0 fully saturated rings. The van der Waals surface area contributed by atoms with Crippen molar-refractivity contribution < 1.29 is 23.1 Å². The Morgan fingerprint density at radius 2 is 2.00 bits per heavy atom. The lowest BCUT2D eigenvalue weighted by Gasteiger charge is -2.24. The molecule has 2 rings (SSSR count). The average Bonchev–Trinajstić information content (AvgIpc) is 2.42. The maximum atomic E-state index is 12.1. The van der Waals surface area contributed by atoms with E-state index >= 15 is 0 Å². The highest BCUT2D eigenvalue weighted by Crippen LogP contribution is 2.25. The molecule has 2 unspecified atom stereocenters. The molecular weight excluding hydrogens is 271 g/mol. The number of carbonyl (C=O) groups excluding carboxylic acids is 1. The summed E-state index contributed by atoms with van der Waals surface area (Å²) in [5, 5.41) is 11.0. The van der Waals surface area contributed by atoms with E-state index in [0.29, 0.717) is 12.8 Å². The van der Waals surface area contributed by atoms with Crippen molar-refractivity contribution in [2.75, 3.05) is 6.54 Å². The van der Waals surface area contributed by atoms with E-state index in [0.717, 1.165) is 12.0 Å². The maximum Gasteiger partial charge on any atom is 0.416 e. The Labute approximate surface area is 114 Å². The fourth-order valence-electron chi connectivity index (χ4n) is 2.38. The van der Waals surface area contributed by atoms with Crippen molar-refractivity contribution in [3.05, 3.63) is 35.4 Å². The fourth-order valence-corrected chi connectivity index (χ4v) is 2.38. The van der Waals surface area contributed by atoms with Gasteiger partial charge in [-0.25, -0.2) is 0 Å². The number of nitrogens with one attached hydrogen (secondary N) is 1. The monoisotopic (exact) mass is 287 g/mol. The Balaban J connectivity index is 1.89. The van der Waals surface area contributed by atoms with E-state index < -0.39 is 24.7 Å². The number of aliphatic hydroxyl groups is 1. The molecule has 1 amide bonds. The van der Waals surface area contributed by atoms with Gasteiger partial charge in [-0.15, -0.1) is 0 Å². The van der Waals surface area contributed by atoms with Gasteiger partial charge in [0.25, 0.3) is 0 Å². The van der Waals surface area contributed by atoms with Gasteiger partial charge in [0.05, 0.1) is 6.54 Å². The molecule has 1 aliphatic carbocycles. The van der Waals surface area contributed by atoms with E-state index in [1.807, 2.05) is 24.3 Å². The largest absolute Gasteiger partial charge is 0.416 e. The van der Waals surface area contributed by atoms with Crippen molar-refractivity contribution in [1.29, 1.82) is 0 Å². The molecule has 110 valence electrons. The zero-order valence-corrected chi connectivity index (χ0v) is 10.8. The number of carbonyl (C=O) groups is 1. The minimum absolute atomic E-state index is 0.328. The quantitative estimate of drug-likeness (QED) is 0.891. The molecule has 2 N–H and O–H groups in total. The Kier molecular flexibility index (Phi) is 4.32.